The number of hydrogen-bond acceptors (Lipinski definition) is 10. The number of nitrogens with zero attached hydrogens (tertiary/aromatic N) is 4. The normalized spacial score (nSPS) is 13.7. The number of carbonyl (C=O) groups is 1. The van der Waals surface area contributed by atoms with Gasteiger partial charge in [-0.15, -0.1) is 0 Å². The van der Waals surface area contributed by atoms with Crippen LogP contribution in [0.2, 0.25) is 0 Å². The first-order valence-electron chi connectivity index (χ1n) is 12.0. The molecule has 1 saturated heterocycles. The number of aromatic nitrogens is 3. The second kappa shape index (κ2) is 10.9. The van der Waals surface area contributed by atoms with Gasteiger partial charge in [-0.25, -0.2) is 18.4 Å². The van der Waals surface area contributed by atoms with Crippen molar-refractivity contribution in [3.05, 3.63) is 79.1 Å². The lowest BCUT2D eigenvalue weighted by Gasteiger charge is -2.28. The molecule has 3 aromatic carbocycles. The van der Waals surface area contributed by atoms with Crippen LogP contribution < -0.4 is 20.3 Å². The number of methoxy groups -OCH3 is 1. The lowest BCUT2D eigenvalue weighted by atomic mass is 10.1. The van der Waals surface area contributed by atoms with Crippen molar-refractivity contribution in [1.82, 2.24) is 15.0 Å². The molecule has 0 atom stereocenters. The van der Waals surface area contributed by atoms with Crippen LogP contribution >= 0.6 is 0 Å². The van der Waals surface area contributed by atoms with Gasteiger partial charge in [-0.05, 0) is 36.4 Å². The first kappa shape index (κ1) is 25.2. The summed E-state index contributed by atoms with van der Waals surface area (Å²) in [6.45, 7) is 1.36. The van der Waals surface area contributed by atoms with Gasteiger partial charge in [-0.1, -0.05) is 30.3 Å². The molecule has 11 heteroatoms. The minimum atomic E-state index is -3.76. The molecule has 0 unspecified atom stereocenters. The number of sulfone groups is 1. The fraction of sp³-hybridized carbons (Fsp3) is 0.185. The van der Waals surface area contributed by atoms with Crippen LogP contribution in [0, 0.1) is 0 Å². The molecule has 2 N–H and O–H groups in total. The number of rotatable bonds is 8. The van der Waals surface area contributed by atoms with Crippen LogP contribution in [0.3, 0.4) is 0 Å². The van der Waals surface area contributed by atoms with E-state index in [1.165, 1.54) is 12.4 Å². The van der Waals surface area contributed by atoms with Gasteiger partial charge in [-0.2, -0.15) is 4.98 Å². The molecule has 0 bridgehead atoms. The predicted octanol–water partition coefficient (Wildman–Crippen LogP) is 4.37. The summed E-state index contributed by atoms with van der Waals surface area (Å²) in [5, 5.41) is 6.15. The van der Waals surface area contributed by atoms with Crippen molar-refractivity contribution in [2.75, 3.05) is 35.7 Å². The van der Waals surface area contributed by atoms with Crippen LogP contribution in [-0.2, 0) is 14.6 Å². The fourth-order valence-corrected chi connectivity index (χ4v) is 5.62. The summed E-state index contributed by atoms with van der Waals surface area (Å²) in [6, 6.07) is 20.6. The lowest BCUT2D eigenvalue weighted by Crippen LogP contribution is -2.33. The maximum atomic E-state index is 13.2. The third kappa shape index (κ3) is 5.42. The summed E-state index contributed by atoms with van der Waals surface area (Å²) in [4.78, 5) is 26.8. The number of Topliss-reactive ketones (excluding diaryl/α,β-unsaturated/α-hetero) is 1. The van der Waals surface area contributed by atoms with E-state index in [9.17, 15) is 13.2 Å². The molecule has 5 rings (SSSR count). The van der Waals surface area contributed by atoms with Gasteiger partial charge in [-0.3, -0.25) is 4.79 Å². The van der Waals surface area contributed by atoms with Gasteiger partial charge in [0.25, 0.3) is 0 Å². The first-order chi connectivity index (χ1) is 18.4. The molecular formula is C27H26N6O4S. The molecule has 1 aliphatic rings. The highest BCUT2D eigenvalue weighted by Crippen LogP contribution is 2.33. The van der Waals surface area contributed by atoms with Gasteiger partial charge < -0.3 is 20.3 Å². The van der Waals surface area contributed by atoms with Crippen molar-refractivity contribution < 1.29 is 17.9 Å². The fourth-order valence-electron chi connectivity index (χ4n) is 4.18. The summed E-state index contributed by atoms with van der Waals surface area (Å²) in [5.74, 6) is 1.30. The molecule has 0 amide bonds. The Morgan fingerprint density at radius 1 is 0.842 bits per heavy atom. The highest BCUT2D eigenvalue weighted by atomic mass is 32.2. The SMILES string of the molecule is COc1cc(N2CCC(=O)CC2)ccc1Nc1ncnc(Nc2ccccc2S(=O)(=O)c2ccccc2)n1. The van der Waals surface area contributed by atoms with Crippen LogP contribution in [0.1, 0.15) is 12.8 Å². The van der Waals surface area contributed by atoms with Gasteiger partial charge in [0.1, 0.15) is 17.9 Å². The van der Waals surface area contributed by atoms with Crippen molar-refractivity contribution in [3.63, 3.8) is 0 Å². The van der Waals surface area contributed by atoms with Crippen molar-refractivity contribution in [1.29, 1.82) is 0 Å². The van der Waals surface area contributed by atoms with E-state index in [1.807, 2.05) is 18.2 Å². The number of carbonyl (C=O) groups excluding carboxylic acids is 1. The van der Waals surface area contributed by atoms with Crippen LogP contribution in [0.4, 0.5) is 29.0 Å². The standard InChI is InChI=1S/C27H26N6O4S/c1-37-24-17-19(33-15-13-20(34)14-16-33)11-12-22(24)30-26-28-18-29-27(32-26)31-23-9-5-6-10-25(23)38(35,36)21-7-3-2-4-8-21/h2-12,17-18H,13-16H2,1H3,(H2,28,29,30,31,32). The van der Waals surface area contributed by atoms with E-state index in [0.29, 0.717) is 43.1 Å². The highest BCUT2D eigenvalue weighted by molar-refractivity contribution is 7.91. The van der Waals surface area contributed by atoms with Crippen molar-refractivity contribution in [3.8, 4) is 5.75 Å². The predicted molar refractivity (Wildman–Crippen MR) is 144 cm³/mol. The molecular weight excluding hydrogens is 504 g/mol. The Bertz CT molecular complexity index is 1550. The number of nitrogens with one attached hydrogen (secondary N) is 2. The Morgan fingerprint density at radius 2 is 1.50 bits per heavy atom. The second-order valence-corrected chi connectivity index (χ2v) is 10.5. The summed E-state index contributed by atoms with van der Waals surface area (Å²) in [7, 11) is -2.18. The maximum absolute atomic E-state index is 13.2. The number of ether oxygens (including phenoxy) is 1. The Hall–Kier alpha value is -4.51. The van der Waals surface area contributed by atoms with Gasteiger partial charge in [0, 0.05) is 37.7 Å². The van der Waals surface area contributed by atoms with E-state index >= 15 is 0 Å². The average Bonchev–Trinajstić information content (AvgIpc) is 2.95. The monoisotopic (exact) mass is 530 g/mol. The maximum Gasteiger partial charge on any atom is 0.232 e. The van der Waals surface area contributed by atoms with E-state index in [-0.39, 0.29) is 27.5 Å². The Balaban J connectivity index is 1.37. The molecule has 2 heterocycles. The Morgan fingerprint density at radius 3 is 2.21 bits per heavy atom. The van der Waals surface area contributed by atoms with E-state index < -0.39 is 9.84 Å². The van der Waals surface area contributed by atoms with Gasteiger partial charge in [0.05, 0.1) is 28.3 Å². The topological polar surface area (TPSA) is 126 Å². The first-order valence-corrected chi connectivity index (χ1v) is 13.5. The molecule has 0 aliphatic carbocycles. The zero-order valence-corrected chi connectivity index (χ0v) is 21.5. The molecule has 10 nitrogen and oxygen atoms in total. The number of anilines is 5. The summed E-state index contributed by atoms with van der Waals surface area (Å²) in [5.41, 5.74) is 1.96. The van der Waals surface area contributed by atoms with Crippen LogP contribution in [0.5, 0.6) is 5.75 Å². The molecule has 0 radical (unpaired) electrons. The summed E-state index contributed by atoms with van der Waals surface area (Å²) >= 11 is 0. The van der Waals surface area contributed by atoms with Crippen LogP contribution in [0.25, 0.3) is 0 Å². The van der Waals surface area contributed by atoms with E-state index in [4.69, 9.17) is 4.74 Å². The van der Waals surface area contributed by atoms with E-state index in [2.05, 4.69) is 30.5 Å². The number of benzene rings is 3. The average molecular weight is 531 g/mol. The molecule has 0 spiro atoms. The van der Waals surface area contributed by atoms with Crippen LogP contribution in [-0.4, -0.2) is 49.4 Å². The molecule has 1 aromatic heterocycles. The third-order valence-electron chi connectivity index (χ3n) is 6.17. The molecule has 38 heavy (non-hydrogen) atoms. The minimum Gasteiger partial charge on any atom is -0.494 e. The van der Waals surface area contributed by atoms with Gasteiger partial charge in [0.15, 0.2) is 0 Å². The number of ketones is 1. The van der Waals surface area contributed by atoms with Gasteiger partial charge >= 0.3 is 0 Å². The number of piperidine rings is 1. The van der Waals surface area contributed by atoms with Gasteiger partial charge in [0.2, 0.25) is 21.7 Å². The third-order valence-corrected chi connectivity index (χ3v) is 7.99. The van der Waals surface area contributed by atoms with E-state index in [0.717, 1.165) is 5.69 Å². The number of para-hydroxylation sites is 1. The lowest BCUT2D eigenvalue weighted by molar-refractivity contribution is -0.119. The van der Waals surface area contributed by atoms with E-state index in [1.54, 1.807) is 55.6 Å². The summed E-state index contributed by atoms with van der Waals surface area (Å²) < 4.78 is 32.1. The quantitative estimate of drug-likeness (QED) is 0.339. The molecule has 0 saturated carbocycles. The zero-order chi connectivity index (χ0) is 26.5. The molecule has 194 valence electrons. The van der Waals surface area contributed by atoms with Crippen molar-refractivity contribution in [2.45, 2.75) is 22.6 Å². The Kier molecular flexibility index (Phi) is 7.18. The molecule has 4 aromatic rings. The molecule has 1 aliphatic heterocycles. The largest absolute Gasteiger partial charge is 0.494 e. The smallest absolute Gasteiger partial charge is 0.232 e. The highest BCUT2D eigenvalue weighted by Gasteiger charge is 2.22. The van der Waals surface area contributed by atoms with Crippen LogP contribution in [0.15, 0.2) is 88.9 Å². The second-order valence-electron chi connectivity index (χ2n) is 8.61. The minimum absolute atomic E-state index is 0.109. The number of hydrogen-bond donors (Lipinski definition) is 2. The Labute approximate surface area is 220 Å². The van der Waals surface area contributed by atoms with Crippen molar-refractivity contribution >= 4 is 44.6 Å². The zero-order valence-electron chi connectivity index (χ0n) is 20.7. The van der Waals surface area contributed by atoms with Crippen molar-refractivity contribution in [2.24, 2.45) is 0 Å². The summed E-state index contributed by atoms with van der Waals surface area (Å²) in [6.07, 6.45) is 2.41. The molecule has 1 fully saturated rings.